The Morgan fingerprint density at radius 2 is 1.97 bits per heavy atom. The number of nitrogens with zero attached hydrogens (tertiary/aromatic N) is 2. The van der Waals surface area contributed by atoms with Gasteiger partial charge in [-0.1, -0.05) is 33.8 Å². The van der Waals surface area contributed by atoms with Gasteiger partial charge in [-0.25, -0.2) is 0 Å². The highest BCUT2D eigenvalue weighted by Crippen LogP contribution is 2.69. The largest absolute Gasteiger partial charge is 0.466 e. The minimum absolute atomic E-state index is 0.0174. The van der Waals surface area contributed by atoms with Crippen LogP contribution >= 0.6 is 11.8 Å². The number of rotatable bonds is 9. The van der Waals surface area contributed by atoms with Gasteiger partial charge in [-0.3, -0.25) is 14.4 Å². The number of amides is 2. The third-order valence-electron chi connectivity index (χ3n) is 7.99. The van der Waals surface area contributed by atoms with E-state index in [1.54, 1.807) is 36.6 Å². The number of hydrogen-bond donors (Lipinski definition) is 1. The van der Waals surface area contributed by atoms with Gasteiger partial charge in [0.1, 0.15) is 6.04 Å². The van der Waals surface area contributed by atoms with E-state index in [-0.39, 0.29) is 47.6 Å². The molecule has 35 heavy (non-hydrogen) atoms. The van der Waals surface area contributed by atoms with Gasteiger partial charge in [-0.2, -0.15) is 0 Å². The fourth-order valence-corrected chi connectivity index (χ4v) is 9.50. The zero-order valence-corrected chi connectivity index (χ0v) is 23.5. The molecule has 2 bridgehead atoms. The smallest absolute Gasteiger partial charge is 0.310 e. The van der Waals surface area contributed by atoms with Gasteiger partial charge in [0.2, 0.25) is 11.8 Å². The van der Waals surface area contributed by atoms with Crippen molar-refractivity contribution in [1.29, 1.82) is 0 Å². The van der Waals surface area contributed by atoms with Crippen LogP contribution in [0.4, 0.5) is 0 Å². The topological polar surface area (TPSA) is 87.2 Å². The molecule has 3 fully saturated rings. The molecule has 3 unspecified atom stereocenters. The first-order chi connectivity index (χ1) is 16.2. The van der Waals surface area contributed by atoms with E-state index >= 15 is 0 Å². The van der Waals surface area contributed by atoms with E-state index < -0.39 is 34.2 Å². The van der Waals surface area contributed by atoms with Crippen molar-refractivity contribution in [3.63, 3.8) is 0 Å². The van der Waals surface area contributed by atoms with E-state index in [1.807, 2.05) is 4.90 Å². The summed E-state index contributed by atoms with van der Waals surface area (Å²) < 4.78 is 4.67. The lowest BCUT2D eigenvalue weighted by Gasteiger charge is -2.47. The van der Waals surface area contributed by atoms with Crippen molar-refractivity contribution >= 4 is 29.5 Å². The molecule has 7 nitrogen and oxygen atoms in total. The van der Waals surface area contributed by atoms with Crippen LogP contribution in [0.5, 0.6) is 0 Å². The zero-order valence-electron chi connectivity index (χ0n) is 22.7. The zero-order chi connectivity index (χ0) is 26.5. The average molecular weight is 509 g/mol. The highest BCUT2D eigenvalue weighted by molar-refractivity contribution is 8.02. The fraction of sp³-hybridized carbons (Fsp3) is 0.815. The number of aliphatic hydroxyl groups excluding tert-OH is 1. The summed E-state index contributed by atoms with van der Waals surface area (Å²) in [7, 11) is 0. The Kier molecular flexibility index (Phi) is 7.79. The number of fused-ring (bicyclic) bond motifs is 1. The third-order valence-corrected chi connectivity index (χ3v) is 10.1. The maximum Gasteiger partial charge on any atom is 0.310 e. The number of esters is 1. The van der Waals surface area contributed by atoms with Crippen LogP contribution < -0.4 is 0 Å². The maximum atomic E-state index is 14.6. The number of ether oxygens (including phenoxy) is 1. The van der Waals surface area contributed by atoms with Crippen molar-refractivity contribution in [2.45, 2.75) is 95.9 Å². The van der Waals surface area contributed by atoms with Crippen molar-refractivity contribution in [1.82, 2.24) is 9.80 Å². The number of carbonyl (C=O) groups excluding carboxylic acids is 3. The molecule has 3 heterocycles. The quantitative estimate of drug-likeness (QED) is 0.379. The van der Waals surface area contributed by atoms with Gasteiger partial charge in [0.25, 0.3) is 0 Å². The monoisotopic (exact) mass is 508 g/mol. The van der Waals surface area contributed by atoms with E-state index in [9.17, 15) is 19.5 Å². The second kappa shape index (κ2) is 9.73. The summed E-state index contributed by atoms with van der Waals surface area (Å²) in [6.45, 7) is 20.5. The molecule has 2 amide bonds. The van der Waals surface area contributed by atoms with Crippen LogP contribution in [0.2, 0.25) is 0 Å². The summed E-state index contributed by atoms with van der Waals surface area (Å²) in [4.78, 5) is 45.1. The second-order valence-electron chi connectivity index (χ2n) is 12.4. The Balaban J connectivity index is 2.14. The number of carbonyl (C=O) groups is 3. The van der Waals surface area contributed by atoms with Gasteiger partial charge in [-0.15, -0.1) is 18.3 Å². The minimum Gasteiger partial charge on any atom is -0.466 e. The Hall–Kier alpha value is -1.54. The lowest BCUT2D eigenvalue weighted by Crippen LogP contribution is -2.62. The van der Waals surface area contributed by atoms with Gasteiger partial charge in [-0.05, 0) is 51.9 Å². The lowest BCUT2D eigenvalue weighted by molar-refractivity contribution is -0.154. The molecular formula is C27H44N2O5S. The molecule has 0 aromatic carbocycles. The standard InChI is InChI=1S/C27H44N2O5S/c1-10-12-28(26(8,9)15-25(5,6)7)23(32)21-27-16(3)13-18(35-27)19(24(33)34-11-2)20(27)22(31)29(21)17(4)14-30/h10,16-21,30H,1,11-15H2,2-9H3/t16?,17-,18-,19+,20+,21?,27?/m1/s1. The SMILES string of the molecule is C=CCN(C(=O)C1N([C@H](C)CO)C(=O)[C@@H]2[C@@H](C(=O)OCC)[C@H]3CC(C)C12S3)C(C)(C)CC(C)(C)C. The van der Waals surface area contributed by atoms with Crippen LogP contribution in [-0.2, 0) is 19.1 Å². The van der Waals surface area contributed by atoms with Crippen LogP contribution in [0, 0.1) is 23.2 Å². The summed E-state index contributed by atoms with van der Waals surface area (Å²) in [5.41, 5.74) is -0.503. The Bertz CT molecular complexity index is 868. The van der Waals surface area contributed by atoms with Crippen molar-refractivity contribution in [3.05, 3.63) is 12.7 Å². The maximum absolute atomic E-state index is 14.6. The van der Waals surface area contributed by atoms with Crippen molar-refractivity contribution in [2.75, 3.05) is 19.8 Å². The van der Waals surface area contributed by atoms with Crippen LogP contribution in [-0.4, -0.2) is 80.1 Å². The van der Waals surface area contributed by atoms with Gasteiger partial charge in [0.05, 0.1) is 35.8 Å². The van der Waals surface area contributed by atoms with Crippen LogP contribution in [0.1, 0.15) is 68.2 Å². The molecule has 0 aromatic rings. The molecule has 3 aliphatic heterocycles. The molecule has 0 radical (unpaired) electrons. The van der Waals surface area contributed by atoms with Gasteiger partial charge < -0.3 is 19.6 Å². The van der Waals surface area contributed by atoms with Crippen molar-refractivity contribution in [2.24, 2.45) is 23.2 Å². The molecule has 1 N–H and O–H groups in total. The number of thioether (sulfide) groups is 1. The molecule has 0 saturated carbocycles. The first kappa shape index (κ1) is 28.0. The van der Waals surface area contributed by atoms with E-state index in [0.29, 0.717) is 6.54 Å². The molecule has 7 atom stereocenters. The fourth-order valence-electron chi connectivity index (χ4n) is 7.11. The summed E-state index contributed by atoms with van der Waals surface area (Å²) in [5.74, 6) is -1.81. The summed E-state index contributed by atoms with van der Waals surface area (Å²) >= 11 is 1.63. The molecule has 8 heteroatoms. The Morgan fingerprint density at radius 3 is 2.49 bits per heavy atom. The molecule has 1 spiro atoms. The molecule has 3 saturated heterocycles. The minimum atomic E-state index is -0.759. The second-order valence-corrected chi connectivity index (χ2v) is 13.9. The predicted molar refractivity (Wildman–Crippen MR) is 139 cm³/mol. The Labute approximate surface area is 215 Å². The van der Waals surface area contributed by atoms with Crippen molar-refractivity contribution < 1.29 is 24.2 Å². The first-order valence-electron chi connectivity index (χ1n) is 12.9. The van der Waals surface area contributed by atoms with E-state index in [0.717, 1.165) is 12.8 Å². The normalized spacial score (nSPS) is 33.0. The molecular weight excluding hydrogens is 464 g/mol. The van der Waals surface area contributed by atoms with E-state index in [1.165, 1.54) is 0 Å². The number of aliphatic hydroxyl groups is 1. The van der Waals surface area contributed by atoms with Crippen LogP contribution in [0.25, 0.3) is 0 Å². The van der Waals surface area contributed by atoms with E-state index in [2.05, 4.69) is 48.1 Å². The summed E-state index contributed by atoms with van der Waals surface area (Å²) in [6, 6.07) is -1.30. The summed E-state index contributed by atoms with van der Waals surface area (Å²) in [5, 5.41) is 10.0. The highest BCUT2D eigenvalue weighted by Gasteiger charge is 2.77. The van der Waals surface area contributed by atoms with E-state index in [4.69, 9.17) is 4.74 Å². The number of hydrogen-bond acceptors (Lipinski definition) is 6. The van der Waals surface area contributed by atoms with Gasteiger partial charge in [0.15, 0.2) is 0 Å². The van der Waals surface area contributed by atoms with Crippen molar-refractivity contribution in [3.8, 4) is 0 Å². The van der Waals surface area contributed by atoms with Crippen LogP contribution in [0.15, 0.2) is 12.7 Å². The molecule has 3 aliphatic rings. The number of likely N-dealkylation sites (tertiary alicyclic amines) is 1. The summed E-state index contributed by atoms with van der Waals surface area (Å²) in [6.07, 6.45) is 3.26. The van der Waals surface area contributed by atoms with Gasteiger partial charge in [0, 0.05) is 17.3 Å². The average Bonchev–Trinajstić information content (AvgIpc) is 3.33. The predicted octanol–water partition coefficient (Wildman–Crippen LogP) is 3.50. The highest BCUT2D eigenvalue weighted by atomic mass is 32.2. The Morgan fingerprint density at radius 1 is 1.34 bits per heavy atom. The van der Waals surface area contributed by atoms with Gasteiger partial charge >= 0.3 is 5.97 Å². The first-order valence-corrected chi connectivity index (χ1v) is 13.8. The molecule has 0 aliphatic carbocycles. The molecule has 0 aromatic heterocycles. The molecule has 3 rings (SSSR count). The molecule has 198 valence electrons. The third kappa shape index (κ3) is 4.54. The lowest BCUT2D eigenvalue weighted by atomic mass is 9.66. The van der Waals surface area contributed by atoms with Crippen LogP contribution in [0.3, 0.4) is 0 Å².